The number of unbranched alkanes of at least 4 members (excludes halogenated alkanes) is 2. The molecule has 0 saturated carbocycles. The normalized spacial score (nSPS) is 10.4. The van der Waals surface area contributed by atoms with Gasteiger partial charge in [-0.3, -0.25) is 0 Å². The predicted molar refractivity (Wildman–Crippen MR) is 47.9 cm³/mol. The van der Waals surface area contributed by atoms with Crippen LogP contribution in [0.5, 0.6) is 0 Å². The molecule has 4 heteroatoms. The van der Waals surface area contributed by atoms with Crippen molar-refractivity contribution in [1.29, 1.82) is 0 Å². The molecule has 0 bridgehead atoms. The van der Waals surface area contributed by atoms with Gasteiger partial charge in [-0.1, -0.05) is 0 Å². The molecule has 0 rings (SSSR count). The minimum atomic E-state index is -0.206. The predicted octanol–water partition coefficient (Wildman–Crippen LogP) is 2.49. The van der Waals surface area contributed by atoms with Crippen molar-refractivity contribution in [1.82, 2.24) is 5.06 Å². The van der Waals surface area contributed by atoms with E-state index in [-0.39, 0.29) is 4.36 Å². The Bertz CT molecular complexity index is 134. The summed E-state index contributed by atoms with van der Waals surface area (Å²) in [6, 6.07) is 0. The van der Waals surface area contributed by atoms with Gasteiger partial charge < -0.3 is 0 Å². The molecule has 13 heavy (non-hydrogen) atoms. The Kier molecular flexibility index (Phi) is 8.78. The zero-order chi connectivity index (χ0) is 10.1. The fraction of sp³-hybridized carbons (Fsp3) is 0.889. The fourth-order valence-electron chi connectivity index (χ4n) is 0.977. The van der Waals surface area contributed by atoms with Gasteiger partial charge in [0.2, 0.25) is 0 Å². The van der Waals surface area contributed by atoms with E-state index in [4.69, 9.17) is 4.84 Å². The van der Waals surface area contributed by atoms with Crippen LogP contribution in [0.4, 0.5) is 4.79 Å². The van der Waals surface area contributed by atoms with E-state index in [9.17, 15) is 4.79 Å². The number of carbonyl (C=O) groups is 1. The summed E-state index contributed by atoms with van der Waals surface area (Å²) < 4.78 is -0.206. The van der Waals surface area contributed by atoms with Crippen molar-refractivity contribution in [2.24, 2.45) is 0 Å². The Morgan fingerprint density at radius 1 is 1.23 bits per heavy atom. The van der Waals surface area contributed by atoms with Crippen molar-refractivity contribution in [3.8, 4) is 0 Å². The van der Waals surface area contributed by atoms with E-state index < -0.39 is 0 Å². The molecule has 77 valence electrons. The second kappa shape index (κ2) is 8.70. The Morgan fingerprint density at radius 3 is 2.00 bits per heavy atom. The topological polar surface area (TPSA) is 29.5 Å². The maximum atomic E-state index is 10.7. The zero-order valence-corrected chi connectivity index (χ0v) is 10.4. The average Bonchev–Trinajstić information content (AvgIpc) is 2.09. The van der Waals surface area contributed by atoms with Gasteiger partial charge >= 0.3 is 91.5 Å². The molecule has 3 nitrogen and oxygen atoms in total. The van der Waals surface area contributed by atoms with E-state index >= 15 is 0 Å². The zero-order valence-electron chi connectivity index (χ0n) is 8.41. The third-order valence-electron chi connectivity index (χ3n) is 1.73. The van der Waals surface area contributed by atoms with E-state index in [0.29, 0.717) is 0 Å². The molecule has 0 aliphatic heterocycles. The molecule has 0 aliphatic carbocycles. The summed E-state index contributed by atoms with van der Waals surface area (Å²) in [4.78, 5) is 15.8. The van der Waals surface area contributed by atoms with Crippen molar-refractivity contribution < 1.29 is 29.4 Å². The van der Waals surface area contributed by atoms with Crippen LogP contribution in [0.1, 0.15) is 39.5 Å². The van der Waals surface area contributed by atoms with Gasteiger partial charge in [-0.25, -0.2) is 0 Å². The number of hydrogen-bond acceptors (Lipinski definition) is 3. The summed E-state index contributed by atoms with van der Waals surface area (Å²) in [7, 11) is 0. The molecule has 0 fully saturated rings. The first-order valence-electron chi connectivity index (χ1n) is 4.84. The second-order valence-electron chi connectivity index (χ2n) is 2.98. The summed E-state index contributed by atoms with van der Waals surface area (Å²) in [5.41, 5.74) is 0. The summed E-state index contributed by atoms with van der Waals surface area (Å²) >= 11 is 1.38. The quantitative estimate of drug-likeness (QED) is 0.525. The van der Waals surface area contributed by atoms with Gasteiger partial charge in [0.25, 0.3) is 0 Å². The van der Waals surface area contributed by atoms with Gasteiger partial charge in [0.15, 0.2) is 0 Å². The summed E-state index contributed by atoms with van der Waals surface area (Å²) in [5, 5.41) is 1.78. The summed E-state index contributed by atoms with van der Waals surface area (Å²) in [5.74, 6) is 0. The van der Waals surface area contributed by atoms with Gasteiger partial charge in [0, 0.05) is 0 Å². The number of hydrogen-bond donors (Lipinski definition) is 0. The molecule has 0 aromatic rings. The molecule has 0 radical (unpaired) electrons. The number of hydroxylamine groups is 2. The number of carbonyl (C=O) groups excluding carboxylic acids is 1. The van der Waals surface area contributed by atoms with Gasteiger partial charge in [-0.05, 0) is 0 Å². The van der Waals surface area contributed by atoms with Crippen molar-refractivity contribution in [3.05, 3.63) is 0 Å². The van der Waals surface area contributed by atoms with Crippen LogP contribution in [0.3, 0.4) is 0 Å². The van der Waals surface area contributed by atoms with Gasteiger partial charge in [-0.15, -0.1) is 0 Å². The van der Waals surface area contributed by atoms with E-state index in [1.165, 1.54) is 19.8 Å². The van der Waals surface area contributed by atoms with Crippen molar-refractivity contribution in [3.63, 3.8) is 0 Å². The van der Waals surface area contributed by atoms with Gasteiger partial charge in [-0.2, -0.15) is 0 Å². The summed E-state index contributed by atoms with van der Waals surface area (Å²) in [6.07, 6.45) is 4.42. The van der Waals surface area contributed by atoms with E-state index in [1.807, 2.05) is 0 Å². The van der Waals surface area contributed by atoms with Crippen LogP contribution < -0.4 is 0 Å². The minimum absolute atomic E-state index is 0.206. The van der Waals surface area contributed by atoms with Crippen LogP contribution in [0.2, 0.25) is 0 Å². The molecule has 0 amide bonds. The van der Waals surface area contributed by atoms with Crippen molar-refractivity contribution in [2.45, 2.75) is 39.5 Å². The molecule has 0 N–H and O–H groups in total. The molecular formula is C9H18MoNO2. The molecule has 0 unspecified atom stereocenters. The first kappa shape index (κ1) is 13.1. The van der Waals surface area contributed by atoms with Crippen molar-refractivity contribution in [2.75, 3.05) is 13.1 Å². The molecule has 0 aliphatic rings. The molecule has 0 atom stereocenters. The molecule has 0 spiro atoms. The van der Waals surface area contributed by atoms with Crippen LogP contribution in [-0.4, -0.2) is 22.5 Å². The molecule has 0 heterocycles. The third-order valence-corrected chi connectivity index (χ3v) is 1.91. The van der Waals surface area contributed by atoms with Crippen LogP contribution in [-0.2, 0) is 24.7 Å². The monoisotopic (exact) mass is 270 g/mol. The molecule has 0 saturated heterocycles. The van der Waals surface area contributed by atoms with E-state index in [1.54, 1.807) is 5.06 Å². The Morgan fingerprint density at radius 2 is 1.69 bits per heavy atom. The first-order valence-corrected chi connectivity index (χ1v) is 5.85. The Hall–Kier alpha value is 0.118. The number of rotatable bonds is 7. The maximum absolute atomic E-state index is 10.7. The van der Waals surface area contributed by atoms with Gasteiger partial charge in [0.1, 0.15) is 0 Å². The third kappa shape index (κ3) is 8.45. The second-order valence-corrected chi connectivity index (χ2v) is 3.80. The molecular weight excluding hydrogens is 250 g/mol. The van der Waals surface area contributed by atoms with E-state index in [2.05, 4.69) is 13.8 Å². The SMILES string of the molecule is CCCCN(CCCC)O[C](=O)[Mo]. The van der Waals surface area contributed by atoms with Crippen LogP contribution in [0, 0.1) is 0 Å². The Labute approximate surface area is 91.7 Å². The van der Waals surface area contributed by atoms with Crippen molar-refractivity contribution >= 4 is 4.36 Å². The Balaban J connectivity index is 3.66. The van der Waals surface area contributed by atoms with Crippen LogP contribution in [0.15, 0.2) is 0 Å². The van der Waals surface area contributed by atoms with E-state index in [0.717, 1.165) is 38.8 Å². The number of nitrogens with zero attached hydrogens (tertiary/aromatic N) is 1. The first-order chi connectivity index (χ1) is 6.20. The molecule has 0 aromatic carbocycles. The van der Waals surface area contributed by atoms with Crippen LogP contribution >= 0.6 is 0 Å². The summed E-state index contributed by atoms with van der Waals surface area (Å²) in [6.45, 7) is 5.98. The standard InChI is InChI=1S/C9H18NO2.Mo/c1-3-5-7-10(12-9-11)8-6-4-2;/h3-8H2,1-2H3;. The molecule has 0 aromatic heterocycles. The fourth-order valence-corrected chi connectivity index (χ4v) is 1.24. The van der Waals surface area contributed by atoms with Crippen LogP contribution in [0.25, 0.3) is 0 Å². The van der Waals surface area contributed by atoms with Gasteiger partial charge in [0.05, 0.1) is 0 Å². The average molecular weight is 268 g/mol.